The normalized spacial score (nSPS) is 15.1. The van der Waals surface area contributed by atoms with Gasteiger partial charge in [0.1, 0.15) is 0 Å². The van der Waals surface area contributed by atoms with E-state index in [2.05, 4.69) is 197 Å². The summed E-state index contributed by atoms with van der Waals surface area (Å²) >= 11 is 0. The zero-order chi connectivity index (χ0) is 35.7. The molecule has 2 aliphatic heterocycles. The fourth-order valence-electron chi connectivity index (χ4n) is 9.42. The average Bonchev–Trinajstić information content (AvgIpc) is 3.48. The summed E-state index contributed by atoms with van der Waals surface area (Å²) < 4.78 is 2.61. The van der Waals surface area contributed by atoms with Crippen LogP contribution in [0.3, 0.4) is 0 Å². The Kier molecular flexibility index (Phi) is 6.28. The maximum absolute atomic E-state index is 2.61. The van der Waals surface area contributed by atoms with Crippen LogP contribution in [0.15, 0.2) is 140 Å². The molecule has 0 bridgehead atoms. The van der Waals surface area contributed by atoms with Crippen LogP contribution >= 0.6 is 0 Å². The second kappa shape index (κ2) is 10.5. The van der Waals surface area contributed by atoms with Crippen molar-refractivity contribution in [2.75, 3.05) is 4.90 Å². The maximum Gasteiger partial charge on any atom is 0.0583 e. The van der Waals surface area contributed by atoms with Crippen molar-refractivity contribution >= 4 is 49.6 Å². The van der Waals surface area contributed by atoms with Gasteiger partial charge >= 0.3 is 0 Å². The molecule has 8 aromatic rings. The summed E-state index contributed by atoms with van der Waals surface area (Å²) in [6.45, 7) is 16.5. The van der Waals surface area contributed by atoms with Crippen molar-refractivity contribution in [3.63, 3.8) is 0 Å². The summed E-state index contributed by atoms with van der Waals surface area (Å²) in [4.78, 5) is 2.47. The number of anilines is 3. The largest absolute Gasteiger partial charge is 0.310 e. The van der Waals surface area contributed by atoms with Crippen LogP contribution in [-0.4, -0.2) is 4.57 Å². The Morgan fingerprint density at radius 3 is 1.75 bits per heavy atom. The molecule has 0 spiro atoms. The molecule has 52 heavy (non-hydrogen) atoms. The minimum absolute atomic E-state index is 0.0718. The highest BCUT2D eigenvalue weighted by molar-refractivity contribution is 6.15. The van der Waals surface area contributed by atoms with E-state index in [1.54, 1.807) is 0 Å². The van der Waals surface area contributed by atoms with Crippen molar-refractivity contribution < 1.29 is 0 Å². The Labute approximate surface area is 307 Å². The second-order valence-corrected chi connectivity index (χ2v) is 17.1. The molecule has 0 amide bonds. The van der Waals surface area contributed by atoms with Crippen LogP contribution in [0.4, 0.5) is 17.1 Å². The number of benzene rings is 7. The van der Waals surface area contributed by atoms with Gasteiger partial charge in [-0.3, -0.25) is 0 Å². The third-order valence-corrected chi connectivity index (χ3v) is 12.3. The lowest BCUT2D eigenvalue weighted by molar-refractivity contribution is 0.590. The van der Waals surface area contributed by atoms with Crippen molar-refractivity contribution in [3.05, 3.63) is 167 Å². The van der Waals surface area contributed by atoms with Crippen LogP contribution in [0.2, 0.25) is 0 Å². The Hall–Kier alpha value is -5.60. The van der Waals surface area contributed by atoms with Crippen LogP contribution in [0.1, 0.15) is 76.3 Å². The molecule has 10 rings (SSSR count). The molecule has 0 saturated carbocycles. The van der Waals surface area contributed by atoms with E-state index in [-0.39, 0.29) is 16.2 Å². The zero-order valence-electron chi connectivity index (χ0n) is 31.2. The number of para-hydroxylation sites is 2. The fourth-order valence-corrected chi connectivity index (χ4v) is 9.42. The van der Waals surface area contributed by atoms with Gasteiger partial charge in [0, 0.05) is 38.7 Å². The number of hydrogen-bond acceptors (Lipinski definition) is 1. The van der Waals surface area contributed by atoms with Crippen molar-refractivity contribution in [2.45, 2.75) is 64.7 Å². The van der Waals surface area contributed by atoms with Crippen LogP contribution < -0.4 is 4.90 Å². The Bertz CT molecular complexity index is 2740. The van der Waals surface area contributed by atoms with E-state index in [0.29, 0.717) is 0 Å². The Morgan fingerprint density at radius 2 is 1.04 bits per heavy atom. The first-order chi connectivity index (χ1) is 24.9. The molecule has 7 aromatic carbocycles. The van der Waals surface area contributed by atoms with Gasteiger partial charge in [0.2, 0.25) is 0 Å². The van der Waals surface area contributed by atoms with E-state index in [1.807, 2.05) is 0 Å². The van der Waals surface area contributed by atoms with E-state index >= 15 is 0 Å². The third-order valence-electron chi connectivity index (χ3n) is 12.3. The first-order valence-electron chi connectivity index (χ1n) is 18.7. The summed E-state index contributed by atoms with van der Waals surface area (Å²) in [7, 11) is 0. The molecule has 2 nitrogen and oxygen atoms in total. The number of nitrogens with zero attached hydrogens (tertiary/aromatic N) is 2. The second-order valence-electron chi connectivity index (χ2n) is 17.1. The minimum atomic E-state index is -0.197. The van der Waals surface area contributed by atoms with Crippen LogP contribution in [-0.2, 0) is 16.2 Å². The van der Waals surface area contributed by atoms with Gasteiger partial charge in [0.15, 0.2) is 0 Å². The predicted molar refractivity (Wildman–Crippen MR) is 221 cm³/mol. The number of hydrogen-bond donors (Lipinski definition) is 0. The predicted octanol–water partition coefficient (Wildman–Crippen LogP) is 13.6. The summed E-state index contributed by atoms with van der Waals surface area (Å²) in [5.74, 6) is 0. The quantitative estimate of drug-likeness (QED) is 0.181. The van der Waals surface area contributed by atoms with Gasteiger partial charge in [-0.2, -0.15) is 0 Å². The highest BCUT2D eigenvalue weighted by Gasteiger charge is 2.43. The van der Waals surface area contributed by atoms with Gasteiger partial charge in [-0.25, -0.2) is 0 Å². The highest BCUT2D eigenvalue weighted by Crippen LogP contribution is 2.56. The van der Waals surface area contributed by atoms with Crippen LogP contribution in [0.5, 0.6) is 0 Å². The van der Waals surface area contributed by atoms with Gasteiger partial charge in [-0.05, 0) is 91.5 Å². The van der Waals surface area contributed by atoms with Gasteiger partial charge in [0.05, 0.1) is 16.7 Å². The Balaban J connectivity index is 1.23. The lowest BCUT2D eigenvalue weighted by atomic mass is 9.68. The zero-order valence-corrected chi connectivity index (χ0v) is 31.2. The highest BCUT2D eigenvalue weighted by atomic mass is 15.1. The first-order valence-corrected chi connectivity index (χ1v) is 18.7. The van der Waals surface area contributed by atoms with Gasteiger partial charge in [-0.15, -0.1) is 0 Å². The monoisotopic (exact) mass is 672 g/mol. The fraction of sp³-hybridized carbons (Fsp3) is 0.200. The first kappa shape index (κ1) is 31.2. The lowest BCUT2D eigenvalue weighted by Gasteiger charge is -2.42. The summed E-state index contributed by atoms with van der Waals surface area (Å²) in [6, 6.07) is 52.6. The molecule has 2 heteroatoms. The lowest BCUT2D eigenvalue weighted by Crippen LogP contribution is -2.33. The summed E-state index contributed by atoms with van der Waals surface area (Å²) in [5, 5.41) is 5.19. The molecular formula is C50H44N2. The molecule has 1 aromatic heterocycles. The van der Waals surface area contributed by atoms with Crippen molar-refractivity contribution in [3.8, 4) is 16.8 Å². The van der Waals surface area contributed by atoms with E-state index in [0.717, 1.165) is 11.4 Å². The van der Waals surface area contributed by atoms with Crippen molar-refractivity contribution in [1.29, 1.82) is 0 Å². The standard InChI is InChI=1S/C50H44N2/c1-48(2,3)33-23-27-35(28-24-33)51(34-25-21-32(22-26-34)38-16-10-14-31-13-8-9-15-37(31)38)36-29-40-39-17-11-18-41-45(39)52-46(40)44(30-36)50(6,7)43-20-12-19-42(47(43)52)49(41,4)5/h8-30H,1-7H3. The smallest absolute Gasteiger partial charge is 0.0583 e. The molecule has 0 aliphatic carbocycles. The van der Waals surface area contributed by atoms with Gasteiger partial charge in [-0.1, -0.05) is 152 Å². The average molecular weight is 673 g/mol. The van der Waals surface area contributed by atoms with Crippen molar-refractivity contribution in [2.24, 2.45) is 0 Å². The number of fused-ring (bicyclic) bond motifs is 2. The molecule has 0 atom stereocenters. The molecule has 0 fully saturated rings. The van der Waals surface area contributed by atoms with E-state index in [9.17, 15) is 0 Å². The molecule has 0 N–H and O–H groups in total. The molecule has 3 heterocycles. The molecule has 0 radical (unpaired) electrons. The maximum atomic E-state index is 2.61. The number of aromatic nitrogens is 1. The molecule has 254 valence electrons. The van der Waals surface area contributed by atoms with Crippen molar-refractivity contribution in [1.82, 2.24) is 4.57 Å². The molecular weight excluding hydrogens is 629 g/mol. The van der Waals surface area contributed by atoms with Gasteiger partial charge in [0.25, 0.3) is 0 Å². The van der Waals surface area contributed by atoms with E-state index < -0.39 is 0 Å². The topological polar surface area (TPSA) is 8.17 Å². The number of rotatable bonds is 4. The molecule has 0 saturated heterocycles. The van der Waals surface area contributed by atoms with Crippen LogP contribution in [0.25, 0.3) is 49.4 Å². The minimum Gasteiger partial charge on any atom is -0.310 e. The third kappa shape index (κ3) is 4.18. The van der Waals surface area contributed by atoms with Gasteiger partial charge < -0.3 is 9.47 Å². The van der Waals surface area contributed by atoms with E-state index in [4.69, 9.17) is 0 Å². The SMILES string of the molecule is CC(C)(C)c1ccc(N(c2ccc(-c3cccc4ccccc34)cc2)c2cc3c4c(c2)c2cccc5c2n4-c2c(cccc2C3(C)C)C5(C)C)cc1. The molecule has 2 aliphatic rings. The Morgan fingerprint density at radius 1 is 0.481 bits per heavy atom. The summed E-state index contributed by atoms with van der Waals surface area (Å²) in [6.07, 6.45) is 0. The molecule has 0 unspecified atom stereocenters. The summed E-state index contributed by atoms with van der Waals surface area (Å²) in [5.41, 5.74) is 16.7. The van der Waals surface area contributed by atoms with Crippen LogP contribution in [0, 0.1) is 0 Å². The van der Waals surface area contributed by atoms with E-state index in [1.165, 1.54) is 82.9 Å².